The van der Waals surface area contributed by atoms with Crippen molar-refractivity contribution < 1.29 is 14.0 Å². The van der Waals surface area contributed by atoms with Crippen molar-refractivity contribution in [3.63, 3.8) is 0 Å². The third-order valence-corrected chi connectivity index (χ3v) is 12.3. The maximum absolute atomic E-state index is 16.0. The number of hydrogen-bond donors (Lipinski definition) is 0. The quantitative estimate of drug-likeness (QED) is 0.183. The number of hydrogen-bond acceptors (Lipinski definition) is 4. The standard InChI is InChI=1S/C42H28NO3P/c1-27-26-43-23-22-33(27)31-20-18-28(19-21-31)32-24-36-42-37(25-32)46-41-35(30-12-6-3-7-13-30)15-9-17-39(41)47(42,44)38-16-8-14-34(40(38)45-36)29-10-4-2-5-11-29/h2-26H,1H3. The summed E-state index contributed by atoms with van der Waals surface area (Å²) in [6.07, 6.45) is 3.70. The summed E-state index contributed by atoms with van der Waals surface area (Å²) < 4.78 is 29.7. The second-order valence-corrected chi connectivity index (χ2v) is 14.6. The van der Waals surface area contributed by atoms with Gasteiger partial charge in [0.25, 0.3) is 0 Å². The minimum Gasteiger partial charge on any atom is -0.455 e. The number of para-hydroxylation sites is 2. The maximum Gasteiger partial charge on any atom is 0.185 e. The van der Waals surface area contributed by atoms with Crippen molar-refractivity contribution in [1.29, 1.82) is 0 Å². The molecule has 0 radical (unpaired) electrons. The fraction of sp³-hybridized carbons (Fsp3) is 0.0238. The van der Waals surface area contributed by atoms with Crippen LogP contribution in [0.2, 0.25) is 0 Å². The second-order valence-electron chi connectivity index (χ2n) is 11.9. The molecule has 2 aliphatic heterocycles. The minimum absolute atomic E-state index is 0.557. The van der Waals surface area contributed by atoms with Crippen molar-refractivity contribution in [1.82, 2.24) is 4.98 Å². The molecule has 1 aromatic heterocycles. The monoisotopic (exact) mass is 625 g/mol. The van der Waals surface area contributed by atoms with Gasteiger partial charge in [0.15, 0.2) is 7.14 Å². The van der Waals surface area contributed by atoms with E-state index in [4.69, 9.17) is 9.47 Å². The lowest BCUT2D eigenvalue weighted by molar-refractivity contribution is 0.463. The summed E-state index contributed by atoms with van der Waals surface area (Å²) in [7, 11) is -3.43. The number of ether oxygens (including phenoxy) is 2. The Balaban J connectivity index is 1.28. The van der Waals surface area contributed by atoms with Crippen molar-refractivity contribution in [3.05, 3.63) is 157 Å². The predicted octanol–water partition coefficient (Wildman–Crippen LogP) is 9.91. The molecular weight excluding hydrogens is 597 g/mol. The molecule has 2 aliphatic rings. The lowest BCUT2D eigenvalue weighted by atomic mass is 9.98. The first-order valence-electron chi connectivity index (χ1n) is 15.6. The normalized spacial score (nSPS) is 13.4. The largest absolute Gasteiger partial charge is 0.455 e. The minimum atomic E-state index is -3.43. The first kappa shape index (κ1) is 27.6. The van der Waals surface area contributed by atoms with Crippen LogP contribution in [0, 0.1) is 6.92 Å². The highest BCUT2D eigenvalue weighted by Gasteiger charge is 2.48. The highest BCUT2D eigenvalue weighted by molar-refractivity contribution is 7.86. The van der Waals surface area contributed by atoms with Crippen LogP contribution in [0.4, 0.5) is 0 Å². The van der Waals surface area contributed by atoms with Crippen molar-refractivity contribution in [2.24, 2.45) is 0 Å². The van der Waals surface area contributed by atoms with Crippen molar-refractivity contribution >= 4 is 23.1 Å². The van der Waals surface area contributed by atoms with Gasteiger partial charge in [-0.25, -0.2) is 0 Å². The molecule has 0 saturated carbocycles. The van der Waals surface area contributed by atoms with Gasteiger partial charge in [-0.15, -0.1) is 0 Å². The van der Waals surface area contributed by atoms with E-state index in [2.05, 4.69) is 60.4 Å². The third kappa shape index (κ3) is 4.30. The van der Waals surface area contributed by atoms with E-state index in [-0.39, 0.29) is 0 Å². The lowest BCUT2D eigenvalue weighted by Gasteiger charge is -2.36. The van der Waals surface area contributed by atoms with Gasteiger partial charge in [0.1, 0.15) is 28.3 Å². The fourth-order valence-electron chi connectivity index (χ4n) is 6.90. The number of rotatable bonds is 4. The van der Waals surface area contributed by atoms with E-state index < -0.39 is 7.14 Å². The zero-order valence-corrected chi connectivity index (χ0v) is 26.4. The number of aromatic nitrogens is 1. The van der Waals surface area contributed by atoms with Gasteiger partial charge in [-0.1, -0.05) is 109 Å². The van der Waals surface area contributed by atoms with Gasteiger partial charge in [0.05, 0.1) is 10.6 Å². The highest BCUT2D eigenvalue weighted by Crippen LogP contribution is 2.61. The summed E-state index contributed by atoms with van der Waals surface area (Å²) in [5.74, 6) is 2.36. The fourth-order valence-corrected chi connectivity index (χ4v) is 9.97. The van der Waals surface area contributed by atoms with E-state index in [0.29, 0.717) is 38.9 Å². The van der Waals surface area contributed by atoms with Crippen molar-refractivity contribution in [2.75, 3.05) is 0 Å². The molecule has 5 heteroatoms. The summed E-state index contributed by atoms with van der Waals surface area (Å²) in [5.41, 5.74) is 9.13. The van der Waals surface area contributed by atoms with Crippen LogP contribution in [-0.4, -0.2) is 4.98 Å². The molecule has 4 nitrogen and oxygen atoms in total. The second kappa shape index (κ2) is 10.7. The molecule has 6 aromatic carbocycles. The smallest absolute Gasteiger partial charge is 0.185 e. The van der Waals surface area contributed by atoms with Gasteiger partial charge in [-0.3, -0.25) is 4.98 Å². The predicted molar refractivity (Wildman–Crippen MR) is 190 cm³/mol. The number of benzene rings is 6. The van der Waals surface area contributed by atoms with Crippen LogP contribution >= 0.6 is 7.14 Å². The van der Waals surface area contributed by atoms with E-state index in [1.165, 1.54) is 0 Å². The summed E-state index contributed by atoms with van der Waals surface area (Å²) in [6.45, 7) is 2.07. The number of aryl methyl sites for hydroxylation is 1. The highest BCUT2D eigenvalue weighted by atomic mass is 31.2. The Morgan fingerprint density at radius 2 is 1.02 bits per heavy atom. The third-order valence-electron chi connectivity index (χ3n) is 9.17. The zero-order chi connectivity index (χ0) is 31.5. The molecule has 0 atom stereocenters. The van der Waals surface area contributed by atoms with Crippen LogP contribution in [0.5, 0.6) is 23.0 Å². The van der Waals surface area contributed by atoms with E-state index >= 15 is 4.57 Å². The summed E-state index contributed by atoms with van der Waals surface area (Å²) in [5, 5.41) is 1.99. The van der Waals surface area contributed by atoms with E-state index in [1.54, 1.807) is 0 Å². The summed E-state index contributed by atoms with van der Waals surface area (Å²) in [6, 6.07) is 46.8. The molecule has 0 unspecified atom stereocenters. The SMILES string of the molecule is Cc1cnccc1-c1ccc(-c2cc3c4c(c2)Oc2c(-c5ccccc5)cccc2P4(=O)c2cccc(-c4ccccc4)c2O3)cc1. The first-order chi connectivity index (χ1) is 23.1. The molecule has 224 valence electrons. The number of fused-ring (bicyclic) bond motifs is 4. The van der Waals surface area contributed by atoms with E-state index in [9.17, 15) is 0 Å². The Morgan fingerprint density at radius 1 is 0.511 bits per heavy atom. The van der Waals surface area contributed by atoms with Crippen LogP contribution < -0.4 is 25.4 Å². The Bertz CT molecular complexity index is 2270. The van der Waals surface area contributed by atoms with Crippen LogP contribution in [0.1, 0.15) is 5.56 Å². The molecule has 0 spiro atoms. The van der Waals surface area contributed by atoms with Crippen LogP contribution in [0.25, 0.3) is 44.5 Å². The molecule has 7 aromatic rings. The van der Waals surface area contributed by atoms with Gasteiger partial charge in [-0.05, 0) is 76.2 Å². The van der Waals surface area contributed by atoms with Gasteiger partial charge in [0.2, 0.25) is 0 Å². The topological polar surface area (TPSA) is 48.4 Å². The number of nitrogens with zero attached hydrogens (tertiary/aromatic N) is 1. The Hall–Kier alpha value is -5.70. The van der Waals surface area contributed by atoms with Gasteiger partial charge in [-0.2, -0.15) is 0 Å². The first-order valence-corrected chi connectivity index (χ1v) is 17.3. The molecule has 3 heterocycles. The summed E-state index contributed by atoms with van der Waals surface area (Å²) >= 11 is 0. The average molecular weight is 626 g/mol. The van der Waals surface area contributed by atoms with Gasteiger partial charge in [0, 0.05) is 23.5 Å². The van der Waals surface area contributed by atoms with Crippen molar-refractivity contribution in [3.8, 4) is 67.5 Å². The van der Waals surface area contributed by atoms with E-state index in [0.717, 1.165) is 50.1 Å². The number of pyridine rings is 1. The maximum atomic E-state index is 16.0. The zero-order valence-electron chi connectivity index (χ0n) is 25.6. The van der Waals surface area contributed by atoms with Crippen LogP contribution in [0.15, 0.2) is 152 Å². The van der Waals surface area contributed by atoms with E-state index in [1.807, 2.05) is 103 Å². The molecule has 0 bridgehead atoms. The Labute approximate surface area is 273 Å². The molecule has 9 rings (SSSR count). The average Bonchev–Trinajstić information content (AvgIpc) is 3.12. The van der Waals surface area contributed by atoms with Gasteiger partial charge < -0.3 is 14.0 Å². The Morgan fingerprint density at radius 3 is 1.55 bits per heavy atom. The lowest BCUT2D eigenvalue weighted by Crippen LogP contribution is -2.35. The van der Waals surface area contributed by atoms with Crippen LogP contribution in [-0.2, 0) is 4.57 Å². The van der Waals surface area contributed by atoms with Gasteiger partial charge >= 0.3 is 0 Å². The van der Waals surface area contributed by atoms with Crippen LogP contribution in [0.3, 0.4) is 0 Å². The molecule has 0 amide bonds. The molecule has 0 fully saturated rings. The molecule has 0 saturated heterocycles. The molecule has 0 N–H and O–H groups in total. The molecule has 0 aliphatic carbocycles. The summed E-state index contributed by atoms with van der Waals surface area (Å²) in [4.78, 5) is 4.25. The van der Waals surface area contributed by atoms with Crippen molar-refractivity contribution in [2.45, 2.75) is 6.92 Å². The molecule has 47 heavy (non-hydrogen) atoms. The Kier molecular flexibility index (Phi) is 6.28. The molecular formula is C42H28NO3P.